The molecule has 0 atom stereocenters. The van der Waals surface area contributed by atoms with Crippen LogP contribution in [0.25, 0.3) is 6.08 Å². The van der Waals surface area contributed by atoms with E-state index >= 15 is 4.39 Å². The molecule has 0 spiro atoms. The zero-order valence-electron chi connectivity index (χ0n) is 22.5. The van der Waals surface area contributed by atoms with Crippen molar-refractivity contribution in [2.45, 2.75) is 20.3 Å². The SMILES string of the molecule is C/C=C/C1=CC(Nc2cc(N3CCN(c4ccccc4)CC3)nc(Oc3cc(F)c4c(c3F)C=C(C)C4)n2)=NC1. The Morgan fingerprint density at radius 2 is 1.75 bits per heavy atom. The van der Waals surface area contributed by atoms with Crippen LogP contribution in [-0.2, 0) is 6.42 Å². The third-order valence-corrected chi connectivity index (χ3v) is 7.18. The summed E-state index contributed by atoms with van der Waals surface area (Å²) in [5.41, 5.74) is 3.72. The van der Waals surface area contributed by atoms with Gasteiger partial charge in [-0.1, -0.05) is 42.0 Å². The van der Waals surface area contributed by atoms with Gasteiger partial charge in [-0.15, -0.1) is 0 Å². The van der Waals surface area contributed by atoms with Gasteiger partial charge in [0.2, 0.25) is 0 Å². The summed E-state index contributed by atoms with van der Waals surface area (Å²) in [5, 5.41) is 3.24. The van der Waals surface area contributed by atoms with Gasteiger partial charge in [-0.2, -0.15) is 9.97 Å². The summed E-state index contributed by atoms with van der Waals surface area (Å²) in [6.45, 7) is 7.45. The molecule has 0 saturated carbocycles. The number of ether oxygens (including phenoxy) is 1. The van der Waals surface area contributed by atoms with E-state index in [1.54, 1.807) is 6.08 Å². The van der Waals surface area contributed by atoms with E-state index in [2.05, 4.69) is 42.2 Å². The molecule has 9 heteroatoms. The fraction of sp³-hybridized carbons (Fsp3) is 0.258. The Bertz CT molecular complexity index is 1560. The van der Waals surface area contributed by atoms with Crippen LogP contribution in [-0.4, -0.2) is 48.5 Å². The second-order valence-corrected chi connectivity index (χ2v) is 10.1. The Balaban J connectivity index is 1.29. The molecule has 1 aliphatic carbocycles. The average Bonchev–Trinajstić information content (AvgIpc) is 3.58. The van der Waals surface area contributed by atoms with Gasteiger partial charge >= 0.3 is 6.01 Å². The van der Waals surface area contributed by atoms with E-state index in [0.29, 0.717) is 36.0 Å². The Labute approximate surface area is 232 Å². The van der Waals surface area contributed by atoms with Gasteiger partial charge in [-0.05, 0) is 44.1 Å². The molecule has 7 nitrogen and oxygen atoms in total. The molecule has 3 heterocycles. The lowest BCUT2D eigenvalue weighted by Gasteiger charge is -2.36. The summed E-state index contributed by atoms with van der Waals surface area (Å²) in [5.74, 6) is 0.384. The normalized spacial score (nSPS) is 16.6. The standard InChI is InChI=1S/C31H30F2N6O/c1-3-7-21-16-27(34-19-21)35-28-18-29(39-12-10-38(11-13-39)22-8-5-4-6-9-22)37-31(36-28)40-26-17-25(32)23-14-20(2)15-24(23)30(26)33/h3-9,15-18H,10-14,19H2,1-2H3,(H,34,35,36,37)/b7-3+. The van der Waals surface area contributed by atoms with Gasteiger partial charge in [-0.3, -0.25) is 4.99 Å². The summed E-state index contributed by atoms with van der Waals surface area (Å²) in [6.07, 6.45) is 7.97. The average molecular weight is 541 g/mol. The molecular weight excluding hydrogens is 510 g/mol. The van der Waals surface area contributed by atoms with E-state index in [-0.39, 0.29) is 17.3 Å². The maximum atomic E-state index is 15.4. The molecule has 3 aromatic rings. The van der Waals surface area contributed by atoms with Crippen LogP contribution in [0.2, 0.25) is 0 Å². The minimum atomic E-state index is -0.618. The van der Waals surface area contributed by atoms with Crippen LogP contribution >= 0.6 is 0 Å². The van der Waals surface area contributed by atoms with E-state index in [4.69, 9.17) is 4.74 Å². The smallest absolute Gasteiger partial charge is 0.326 e. The minimum absolute atomic E-state index is 0.0707. The number of hydrogen-bond acceptors (Lipinski definition) is 7. The quantitative estimate of drug-likeness (QED) is 0.404. The van der Waals surface area contributed by atoms with E-state index in [1.165, 1.54) is 5.69 Å². The van der Waals surface area contributed by atoms with Crippen molar-refractivity contribution in [1.29, 1.82) is 0 Å². The Kier molecular flexibility index (Phi) is 7.02. The summed E-state index contributed by atoms with van der Waals surface area (Å²) in [6, 6.07) is 13.1. The number of aliphatic imine (C=N–C) groups is 1. The number of hydrogen-bond donors (Lipinski definition) is 1. The number of anilines is 3. The zero-order chi connectivity index (χ0) is 27.6. The van der Waals surface area contributed by atoms with Crippen LogP contribution in [0, 0.1) is 11.6 Å². The largest absolute Gasteiger partial charge is 0.421 e. The summed E-state index contributed by atoms with van der Waals surface area (Å²) >= 11 is 0. The molecule has 40 heavy (non-hydrogen) atoms. The maximum absolute atomic E-state index is 15.4. The van der Waals surface area contributed by atoms with E-state index in [9.17, 15) is 4.39 Å². The van der Waals surface area contributed by atoms with Crippen molar-refractivity contribution in [3.05, 3.63) is 94.6 Å². The van der Waals surface area contributed by atoms with Crippen molar-refractivity contribution in [3.63, 3.8) is 0 Å². The van der Waals surface area contributed by atoms with Crippen molar-refractivity contribution >= 4 is 29.2 Å². The topological polar surface area (TPSA) is 65.9 Å². The van der Waals surface area contributed by atoms with Gasteiger partial charge in [0.05, 0.1) is 6.54 Å². The van der Waals surface area contributed by atoms with Gasteiger partial charge < -0.3 is 19.9 Å². The van der Waals surface area contributed by atoms with Crippen molar-refractivity contribution < 1.29 is 13.5 Å². The lowest BCUT2D eigenvalue weighted by atomic mass is 10.1. The summed E-state index contributed by atoms with van der Waals surface area (Å²) in [4.78, 5) is 18.1. The molecule has 2 aromatic carbocycles. The third kappa shape index (κ3) is 5.32. The highest BCUT2D eigenvalue weighted by molar-refractivity contribution is 6.05. The first kappa shape index (κ1) is 25.7. The number of nitrogens with one attached hydrogen (secondary N) is 1. The first-order chi connectivity index (χ1) is 19.5. The molecule has 2 aliphatic heterocycles. The second kappa shape index (κ2) is 10.9. The number of fused-ring (bicyclic) bond motifs is 1. The van der Waals surface area contributed by atoms with E-state index < -0.39 is 11.6 Å². The molecule has 6 rings (SSSR count). The number of halogens is 2. The van der Waals surface area contributed by atoms with Crippen molar-refractivity contribution in [2.75, 3.05) is 47.8 Å². The van der Waals surface area contributed by atoms with Crippen molar-refractivity contribution in [1.82, 2.24) is 9.97 Å². The van der Waals surface area contributed by atoms with Crippen molar-refractivity contribution in [3.8, 4) is 11.8 Å². The molecule has 0 unspecified atom stereocenters. The number of para-hydroxylation sites is 1. The van der Waals surface area contributed by atoms with E-state index in [0.717, 1.165) is 43.4 Å². The number of nitrogens with zero attached hydrogens (tertiary/aromatic N) is 5. The molecule has 0 bridgehead atoms. The summed E-state index contributed by atoms with van der Waals surface area (Å²) < 4.78 is 36.0. The third-order valence-electron chi connectivity index (χ3n) is 7.18. The number of amidine groups is 1. The summed E-state index contributed by atoms with van der Waals surface area (Å²) in [7, 11) is 0. The molecule has 0 radical (unpaired) electrons. The van der Waals surface area contributed by atoms with Crippen LogP contribution in [0.4, 0.5) is 26.1 Å². The number of rotatable bonds is 6. The molecule has 1 N–H and O–H groups in total. The van der Waals surface area contributed by atoms with Gasteiger partial charge in [-0.25, -0.2) is 8.78 Å². The predicted molar refractivity (Wildman–Crippen MR) is 156 cm³/mol. The monoisotopic (exact) mass is 540 g/mol. The molecule has 1 aromatic heterocycles. The van der Waals surface area contributed by atoms with Gasteiger partial charge in [0.1, 0.15) is 23.3 Å². The fourth-order valence-corrected chi connectivity index (χ4v) is 5.22. The molecule has 3 aliphatic rings. The van der Waals surface area contributed by atoms with E-state index in [1.807, 2.05) is 56.3 Å². The minimum Gasteiger partial charge on any atom is -0.421 e. The first-order valence-electron chi connectivity index (χ1n) is 13.4. The predicted octanol–water partition coefficient (Wildman–Crippen LogP) is 6.16. The lowest BCUT2D eigenvalue weighted by molar-refractivity contribution is 0.406. The fourth-order valence-electron chi connectivity index (χ4n) is 5.22. The van der Waals surface area contributed by atoms with Crippen LogP contribution < -0.4 is 19.9 Å². The zero-order valence-corrected chi connectivity index (χ0v) is 22.5. The number of allylic oxidation sites excluding steroid dienone is 2. The molecule has 204 valence electrons. The van der Waals surface area contributed by atoms with Crippen LogP contribution in [0.15, 0.2) is 76.8 Å². The second-order valence-electron chi connectivity index (χ2n) is 10.1. The van der Waals surface area contributed by atoms with Crippen molar-refractivity contribution in [2.24, 2.45) is 4.99 Å². The van der Waals surface area contributed by atoms with Gasteiger partial charge in [0, 0.05) is 55.1 Å². The van der Waals surface area contributed by atoms with Gasteiger partial charge in [0.15, 0.2) is 11.6 Å². The Morgan fingerprint density at radius 1 is 0.975 bits per heavy atom. The molecule has 1 fully saturated rings. The van der Waals surface area contributed by atoms with Crippen LogP contribution in [0.3, 0.4) is 0 Å². The molecule has 0 amide bonds. The number of piperazine rings is 1. The highest BCUT2D eigenvalue weighted by atomic mass is 19.1. The molecule has 1 saturated heterocycles. The Morgan fingerprint density at radius 3 is 2.52 bits per heavy atom. The highest BCUT2D eigenvalue weighted by Gasteiger charge is 2.25. The first-order valence-corrected chi connectivity index (χ1v) is 13.4. The molecular formula is C31H30F2N6O. The number of benzene rings is 2. The maximum Gasteiger partial charge on any atom is 0.326 e. The number of aromatic nitrogens is 2. The highest BCUT2D eigenvalue weighted by Crippen LogP contribution is 2.36. The van der Waals surface area contributed by atoms with Crippen LogP contribution in [0.1, 0.15) is 25.0 Å². The van der Waals surface area contributed by atoms with Gasteiger partial charge in [0.25, 0.3) is 0 Å². The lowest BCUT2D eigenvalue weighted by Crippen LogP contribution is -2.46. The van der Waals surface area contributed by atoms with Crippen LogP contribution in [0.5, 0.6) is 11.8 Å². The Hall–Kier alpha value is -4.53.